The summed E-state index contributed by atoms with van der Waals surface area (Å²) in [5.74, 6) is 0.640. The molecule has 0 unspecified atom stereocenters. The first-order valence-electron chi connectivity index (χ1n) is 21.9. The smallest absolute Gasteiger partial charge is 0.428 e. The first-order valence-corrected chi connectivity index (χ1v) is 21.9. The van der Waals surface area contributed by atoms with Gasteiger partial charge in [-0.3, -0.25) is 9.55 Å². The van der Waals surface area contributed by atoms with Gasteiger partial charge in [0.15, 0.2) is 0 Å². The summed E-state index contributed by atoms with van der Waals surface area (Å²) < 4.78 is 2.26. The first-order chi connectivity index (χ1) is 29.2. The van der Waals surface area contributed by atoms with Crippen LogP contribution in [0.4, 0.5) is 5.95 Å². The van der Waals surface area contributed by atoms with Crippen molar-refractivity contribution in [2.45, 2.75) is 93.9 Å². The van der Waals surface area contributed by atoms with Crippen LogP contribution in [-0.4, -0.2) is 26.6 Å². The van der Waals surface area contributed by atoms with Crippen LogP contribution in [0.25, 0.3) is 61.4 Å². The van der Waals surface area contributed by atoms with E-state index >= 15 is 0 Å². The van der Waals surface area contributed by atoms with Crippen molar-refractivity contribution in [1.29, 1.82) is 0 Å². The minimum atomic E-state index is -0.945. The molecule has 1 aliphatic rings. The van der Waals surface area contributed by atoms with Crippen molar-refractivity contribution < 1.29 is 26.1 Å². The van der Waals surface area contributed by atoms with E-state index < -0.39 is 7.05 Å². The van der Waals surface area contributed by atoms with Gasteiger partial charge in [-0.15, -0.1) is 29.3 Å². The standard InChI is InChI=1S/C56H60BN4O.Pt/c1-53(2,3)42-26-27-48(46(34-42)38-22-17-14-18-23-38)61-49-25-19-24-45(51(49)59-52(61)60-36-44(55(7,8)9)35-50(57(60)62)56(10,11)12)40-30-41(32-43(31-40)54(4,5)6)47-33-39(28-29-58-47)37-20-15-13-16-21-37;/h13-29,31-36,62H,1-12H3;/q-1;. The molecule has 0 saturated carbocycles. The van der Waals surface area contributed by atoms with Gasteiger partial charge in [-0.1, -0.05) is 185 Å². The van der Waals surface area contributed by atoms with Crippen LogP contribution in [0.15, 0.2) is 151 Å². The van der Waals surface area contributed by atoms with E-state index in [0.29, 0.717) is 5.95 Å². The summed E-state index contributed by atoms with van der Waals surface area (Å²) in [6.07, 6.45) is 6.20. The molecule has 0 fully saturated rings. The molecule has 1 N–H and O–H groups in total. The predicted octanol–water partition coefficient (Wildman–Crippen LogP) is 14.2. The average Bonchev–Trinajstić information content (AvgIpc) is 3.62. The molecule has 63 heavy (non-hydrogen) atoms. The van der Waals surface area contributed by atoms with Crippen LogP contribution >= 0.6 is 0 Å². The zero-order chi connectivity index (χ0) is 44.4. The average molecular weight is 1010 g/mol. The van der Waals surface area contributed by atoms with Gasteiger partial charge in [0.25, 0.3) is 0 Å². The molecule has 3 heterocycles. The Morgan fingerprint density at radius 1 is 0.571 bits per heavy atom. The van der Waals surface area contributed by atoms with E-state index in [1.807, 2.05) is 17.1 Å². The van der Waals surface area contributed by atoms with Crippen LogP contribution in [0.1, 0.15) is 94.2 Å². The number of imidazole rings is 1. The molecule has 0 radical (unpaired) electrons. The minimum Gasteiger partial charge on any atom is -0.428 e. The van der Waals surface area contributed by atoms with E-state index in [-0.39, 0.29) is 42.7 Å². The van der Waals surface area contributed by atoms with Crippen LogP contribution in [0.5, 0.6) is 0 Å². The minimum absolute atomic E-state index is 0. The largest absolute Gasteiger partial charge is 0.452 e. The SMILES string of the molecule is CC(C)(C)C1=CN(c2nc3c(-c4[c-]c(-c5cc(-c6ccccc6)ccn5)cc(C(C)(C)C)c4)cccc3n2-c2ccc(C(C)(C)C)cc2-c2ccccc2)B(O)C(C(C)(C)C)=C1.[Pt]. The molecule has 2 aromatic heterocycles. The van der Waals surface area contributed by atoms with Crippen LogP contribution in [0, 0.1) is 16.9 Å². The first kappa shape index (κ1) is 45.7. The number of pyridine rings is 1. The fourth-order valence-electron chi connectivity index (χ4n) is 8.27. The number of nitrogens with zero attached hydrogens (tertiary/aromatic N) is 4. The fraction of sp³-hybridized carbons (Fsp3) is 0.286. The van der Waals surface area contributed by atoms with Crippen LogP contribution in [0.2, 0.25) is 0 Å². The second-order valence-electron chi connectivity index (χ2n) is 21.0. The molecule has 5 nitrogen and oxygen atoms in total. The molecule has 0 saturated heterocycles. The topological polar surface area (TPSA) is 54.2 Å². The maximum absolute atomic E-state index is 12.6. The van der Waals surface area contributed by atoms with Gasteiger partial charge in [-0.05, 0) is 79.2 Å². The molecule has 8 rings (SSSR count). The summed E-state index contributed by atoms with van der Waals surface area (Å²) in [4.78, 5) is 12.5. The van der Waals surface area contributed by atoms with E-state index in [1.54, 1.807) is 0 Å². The molecular formula is C56H60BN4OPt-. The van der Waals surface area contributed by atoms with Gasteiger partial charge in [-0.25, -0.2) is 4.98 Å². The van der Waals surface area contributed by atoms with Gasteiger partial charge >= 0.3 is 7.05 Å². The van der Waals surface area contributed by atoms with Gasteiger partial charge in [0, 0.05) is 44.7 Å². The van der Waals surface area contributed by atoms with E-state index in [1.165, 1.54) is 11.1 Å². The summed E-state index contributed by atoms with van der Waals surface area (Å²) in [5, 5.41) is 12.6. The molecule has 0 amide bonds. The molecule has 7 aromatic rings. The Morgan fingerprint density at radius 3 is 1.83 bits per heavy atom. The van der Waals surface area contributed by atoms with E-state index in [0.717, 1.165) is 72.4 Å². The Balaban J connectivity index is 0.00000595. The number of hydrogen-bond acceptors (Lipinski definition) is 4. The summed E-state index contributed by atoms with van der Waals surface area (Å²) >= 11 is 0. The Kier molecular flexibility index (Phi) is 12.4. The van der Waals surface area contributed by atoms with Crippen molar-refractivity contribution in [2.24, 2.45) is 10.8 Å². The molecule has 0 atom stereocenters. The molecule has 5 aromatic carbocycles. The summed E-state index contributed by atoms with van der Waals surface area (Å²) in [6, 6.07) is 46.9. The van der Waals surface area contributed by atoms with Crippen molar-refractivity contribution in [1.82, 2.24) is 14.5 Å². The Morgan fingerprint density at radius 2 is 1.21 bits per heavy atom. The van der Waals surface area contributed by atoms with Gasteiger partial charge < -0.3 is 9.83 Å². The maximum Gasteiger partial charge on any atom is 0.452 e. The van der Waals surface area contributed by atoms with Crippen molar-refractivity contribution >= 4 is 24.0 Å². The van der Waals surface area contributed by atoms with Crippen molar-refractivity contribution in [3.8, 4) is 50.3 Å². The van der Waals surface area contributed by atoms with Gasteiger partial charge in [-0.2, -0.15) is 0 Å². The maximum atomic E-state index is 12.6. The number of para-hydroxylation sites is 1. The van der Waals surface area contributed by atoms with Crippen LogP contribution in [0.3, 0.4) is 0 Å². The number of rotatable bonds is 6. The van der Waals surface area contributed by atoms with E-state index in [9.17, 15) is 5.02 Å². The van der Waals surface area contributed by atoms with E-state index in [2.05, 4.69) is 221 Å². The molecular weight excluding hydrogens is 951 g/mol. The third kappa shape index (κ3) is 9.22. The zero-order valence-electron chi connectivity index (χ0n) is 38.9. The molecule has 324 valence electrons. The van der Waals surface area contributed by atoms with E-state index in [4.69, 9.17) is 9.97 Å². The van der Waals surface area contributed by atoms with Crippen molar-refractivity contribution in [2.75, 3.05) is 4.81 Å². The van der Waals surface area contributed by atoms with Gasteiger partial charge in [0.2, 0.25) is 5.95 Å². The summed E-state index contributed by atoms with van der Waals surface area (Å²) in [5.41, 5.74) is 14.6. The Labute approximate surface area is 390 Å². The monoisotopic (exact) mass is 1010 g/mol. The number of anilines is 1. The Hall–Kier alpha value is -5.29. The number of allylic oxidation sites excluding steroid dienone is 3. The number of benzene rings is 5. The predicted molar refractivity (Wildman–Crippen MR) is 262 cm³/mol. The quantitative estimate of drug-likeness (QED) is 0.133. The van der Waals surface area contributed by atoms with Crippen molar-refractivity contribution in [3.05, 3.63) is 168 Å². The van der Waals surface area contributed by atoms with Gasteiger partial charge in [0.1, 0.15) is 0 Å². The third-order valence-corrected chi connectivity index (χ3v) is 12.1. The molecule has 1 aliphatic heterocycles. The molecule has 0 aliphatic carbocycles. The molecule has 0 spiro atoms. The summed E-state index contributed by atoms with van der Waals surface area (Å²) in [7, 11) is -0.945. The second kappa shape index (κ2) is 17.0. The number of fused-ring (bicyclic) bond motifs is 1. The fourth-order valence-corrected chi connectivity index (χ4v) is 8.27. The molecule has 0 bridgehead atoms. The van der Waals surface area contributed by atoms with Crippen LogP contribution in [-0.2, 0) is 31.9 Å². The third-order valence-electron chi connectivity index (χ3n) is 12.1. The van der Waals surface area contributed by atoms with Gasteiger partial charge in [0.05, 0.1) is 16.7 Å². The zero-order valence-corrected chi connectivity index (χ0v) is 41.2. The summed E-state index contributed by atoms with van der Waals surface area (Å²) in [6.45, 7) is 26.7. The number of aromatic nitrogens is 3. The van der Waals surface area contributed by atoms with Crippen molar-refractivity contribution in [3.63, 3.8) is 0 Å². The number of hydrogen-bond donors (Lipinski definition) is 1. The van der Waals surface area contributed by atoms with Crippen LogP contribution < -0.4 is 4.81 Å². The second-order valence-corrected chi connectivity index (χ2v) is 21.0. The normalized spacial score (nSPS) is 13.8. The Bertz CT molecular complexity index is 2850. The molecule has 7 heteroatoms.